The lowest BCUT2D eigenvalue weighted by molar-refractivity contribution is 0.0697. The number of hydrogen-bond acceptors (Lipinski definition) is 3. The number of anilines is 1. The first-order valence-corrected chi connectivity index (χ1v) is 6.60. The van der Waals surface area contributed by atoms with Crippen molar-refractivity contribution >= 4 is 11.7 Å². The van der Waals surface area contributed by atoms with E-state index >= 15 is 0 Å². The Morgan fingerprint density at radius 1 is 1.47 bits per heavy atom. The van der Waals surface area contributed by atoms with Gasteiger partial charge in [0, 0.05) is 19.7 Å². The summed E-state index contributed by atoms with van der Waals surface area (Å²) in [5, 5.41) is 9.33. The number of ether oxygens (including phenoxy) is 1. The summed E-state index contributed by atoms with van der Waals surface area (Å²) < 4.78 is 5.13. The molecular weight excluding hydrogens is 242 g/mol. The first kappa shape index (κ1) is 15.5. The molecule has 0 heterocycles. The zero-order chi connectivity index (χ0) is 14.4. The fourth-order valence-electron chi connectivity index (χ4n) is 2.05. The molecule has 1 atom stereocenters. The summed E-state index contributed by atoms with van der Waals surface area (Å²) in [6.07, 6.45) is 0.955. The molecule has 0 aliphatic heterocycles. The maximum absolute atomic E-state index is 11.4. The smallest absolute Gasteiger partial charge is 0.337 e. The Hall–Kier alpha value is -1.55. The summed E-state index contributed by atoms with van der Waals surface area (Å²) in [4.78, 5) is 13.5. The van der Waals surface area contributed by atoms with Crippen molar-refractivity contribution in [1.82, 2.24) is 0 Å². The van der Waals surface area contributed by atoms with Gasteiger partial charge in [-0.25, -0.2) is 4.79 Å². The average Bonchev–Trinajstić information content (AvgIpc) is 2.38. The van der Waals surface area contributed by atoms with Crippen LogP contribution in [0.3, 0.4) is 0 Å². The molecule has 0 saturated heterocycles. The monoisotopic (exact) mass is 265 g/mol. The topological polar surface area (TPSA) is 49.8 Å². The van der Waals surface area contributed by atoms with Gasteiger partial charge in [-0.3, -0.25) is 0 Å². The number of hydrogen-bond donors (Lipinski definition) is 1. The molecule has 0 amide bonds. The third-order valence-corrected chi connectivity index (χ3v) is 3.35. The van der Waals surface area contributed by atoms with Crippen molar-refractivity contribution in [2.45, 2.75) is 33.2 Å². The molecule has 0 radical (unpaired) electrons. The van der Waals surface area contributed by atoms with E-state index in [0.717, 1.165) is 17.7 Å². The van der Waals surface area contributed by atoms with Crippen LogP contribution in [0.4, 0.5) is 5.69 Å². The number of carboxylic acid groups (broad SMARTS) is 1. The molecule has 0 aliphatic carbocycles. The molecule has 1 aromatic carbocycles. The molecular formula is C15H23NO3. The molecule has 0 spiro atoms. The highest BCUT2D eigenvalue weighted by molar-refractivity contribution is 5.94. The van der Waals surface area contributed by atoms with E-state index in [1.54, 1.807) is 13.2 Å². The van der Waals surface area contributed by atoms with Crippen LogP contribution >= 0.6 is 0 Å². The minimum atomic E-state index is -0.888. The van der Waals surface area contributed by atoms with E-state index in [1.807, 2.05) is 19.1 Å². The number of nitrogens with zero attached hydrogens (tertiary/aromatic N) is 1. The Bertz CT molecular complexity index is 431. The van der Waals surface area contributed by atoms with Crippen molar-refractivity contribution in [3.63, 3.8) is 0 Å². The van der Waals surface area contributed by atoms with E-state index in [1.165, 1.54) is 0 Å². The summed E-state index contributed by atoms with van der Waals surface area (Å²) in [7, 11) is 1.66. The molecule has 0 aliphatic rings. The van der Waals surface area contributed by atoms with Gasteiger partial charge in [0.25, 0.3) is 0 Å². The highest BCUT2D eigenvalue weighted by Gasteiger charge is 2.19. The Kier molecular flexibility index (Phi) is 5.83. The molecule has 4 heteroatoms. The Morgan fingerprint density at radius 3 is 2.68 bits per heavy atom. The van der Waals surface area contributed by atoms with Crippen LogP contribution in [-0.2, 0) is 4.74 Å². The third-order valence-electron chi connectivity index (χ3n) is 3.35. The number of benzene rings is 1. The van der Waals surface area contributed by atoms with Crippen LogP contribution in [0.1, 0.15) is 36.2 Å². The average molecular weight is 265 g/mol. The molecule has 1 aromatic rings. The van der Waals surface area contributed by atoms with Crippen LogP contribution in [0.15, 0.2) is 18.2 Å². The third kappa shape index (κ3) is 3.96. The molecule has 1 N–H and O–H groups in total. The Balaban J connectivity index is 3.19. The molecule has 0 bridgehead atoms. The van der Waals surface area contributed by atoms with Gasteiger partial charge in [0.05, 0.1) is 17.9 Å². The van der Waals surface area contributed by atoms with E-state index in [9.17, 15) is 9.90 Å². The van der Waals surface area contributed by atoms with Crippen LogP contribution < -0.4 is 4.90 Å². The second-order valence-corrected chi connectivity index (χ2v) is 4.77. The summed E-state index contributed by atoms with van der Waals surface area (Å²) in [6, 6.07) is 5.72. The van der Waals surface area contributed by atoms with E-state index in [-0.39, 0.29) is 6.04 Å². The fourth-order valence-corrected chi connectivity index (χ4v) is 2.05. The lowest BCUT2D eigenvalue weighted by atomic mass is 10.1. The molecule has 19 heavy (non-hydrogen) atoms. The summed E-state index contributed by atoms with van der Waals surface area (Å²) in [5.41, 5.74) is 2.19. The van der Waals surface area contributed by atoms with Crippen LogP contribution in [0.25, 0.3) is 0 Å². The van der Waals surface area contributed by atoms with Crippen molar-refractivity contribution in [2.75, 3.05) is 25.2 Å². The van der Waals surface area contributed by atoms with Crippen LogP contribution in [-0.4, -0.2) is 37.4 Å². The maximum Gasteiger partial charge on any atom is 0.337 e. The first-order chi connectivity index (χ1) is 9.01. The number of carboxylic acids is 1. The van der Waals surface area contributed by atoms with Gasteiger partial charge in [0.15, 0.2) is 0 Å². The fraction of sp³-hybridized carbons (Fsp3) is 0.533. The van der Waals surface area contributed by atoms with Gasteiger partial charge in [-0.05, 0) is 38.0 Å². The van der Waals surface area contributed by atoms with Crippen molar-refractivity contribution in [1.29, 1.82) is 0 Å². The van der Waals surface area contributed by atoms with Gasteiger partial charge in [0.1, 0.15) is 0 Å². The highest BCUT2D eigenvalue weighted by atomic mass is 16.5. The SMILES string of the molecule is CCC(C)N(CCOC)c1cc(C)ccc1C(=O)O. The van der Waals surface area contributed by atoms with Crippen molar-refractivity contribution < 1.29 is 14.6 Å². The van der Waals surface area contributed by atoms with Gasteiger partial charge in [-0.1, -0.05) is 13.0 Å². The van der Waals surface area contributed by atoms with E-state index in [4.69, 9.17) is 4.74 Å². The summed E-state index contributed by atoms with van der Waals surface area (Å²) in [6.45, 7) is 7.44. The predicted molar refractivity (Wildman–Crippen MR) is 77.1 cm³/mol. The second kappa shape index (κ2) is 7.14. The lowest BCUT2D eigenvalue weighted by Gasteiger charge is -2.32. The zero-order valence-corrected chi connectivity index (χ0v) is 12.1. The zero-order valence-electron chi connectivity index (χ0n) is 12.1. The Labute approximate surface area is 115 Å². The number of carbonyl (C=O) groups is 1. The molecule has 106 valence electrons. The molecule has 1 rings (SSSR count). The van der Waals surface area contributed by atoms with Gasteiger partial charge < -0.3 is 14.7 Å². The number of rotatable bonds is 7. The minimum Gasteiger partial charge on any atom is -0.478 e. The number of methoxy groups -OCH3 is 1. The summed E-state index contributed by atoms with van der Waals surface area (Å²) >= 11 is 0. The molecule has 0 aromatic heterocycles. The molecule has 1 unspecified atom stereocenters. The highest BCUT2D eigenvalue weighted by Crippen LogP contribution is 2.25. The minimum absolute atomic E-state index is 0.273. The quantitative estimate of drug-likeness (QED) is 0.823. The molecule has 0 saturated carbocycles. The molecule has 4 nitrogen and oxygen atoms in total. The molecule has 0 fully saturated rings. The van der Waals surface area contributed by atoms with E-state index < -0.39 is 5.97 Å². The maximum atomic E-state index is 11.4. The van der Waals surface area contributed by atoms with Crippen molar-refractivity contribution in [2.24, 2.45) is 0 Å². The van der Waals surface area contributed by atoms with E-state index in [0.29, 0.717) is 18.7 Å². The van der Waals surface area contributed by atoms with Crippen LogP contribution in [0, 0.1) is 6.92 Å². The number of aryl methyl sites for hydroxylation is 1. The Morgan fingerprint density at radius 2 is 2.16 bits per heavy atom. The first-order valence-electron chi connectivity index (χ1n) is 6.60. The predicted octanol–water partition coefficient (Wildman–Crippen LogP) is 2.94. The van der Waals surface area contributed by atoms with Crippen LogP contribution in [0.2, 0.25) is 0 Å². The normalized spacial score (nSPS) is 12.2. The standard InChI is InChI=1S/C15H23NO3/c1-5-12(3)16(8-9-19-4)14-10-11(2)6-7-13(14)15(17)18/h6-7,10,12H,5,8-9H2,1-4H3,(H,17,18). The van der Waals surface area contributed by atoms with Gasteiger partial charge in [-0.15, -0.1) is 0 Å². The second-order valence-electron chi connectivity index (χ2n) is 4.77. The van der Waals surface area contributed by atoms with Crippen LogP contribution in [0.5, 0.6) is 0 Å². The van der Waals surface area contributed by atoms with E-state index in [2.05, 4.69) is 18.7 Å². The van der Waals surface area contributed by atoms with Gasteiger partial charge in [-0.2, -0.15) is 0 Å². The largest absolute Gasteiger partial charge is 0.478 e. The van der Waals surface area contributed by atoms with Crippen molar-refractivity contribution in [3.8, 4) is 0 Å². The van der Waals surface area contributed by atoms with Crippen molar-refractivity contribution in [3.05, 3.63) is 29.3 Å². The van der Waals surface area contributed by atoms with Gasteiger partial charge >= 0.3 is 5.97 Å². The summed E-state index contributed by atoms with van der Waals surface area (Å²) in [5.74, 6) is -0.888. The number of aromatic carboxylic acids is 1. The van der Waals surface area contributed by atoms with Gasteiger partial charge in [0.2, 0.25) is 0 Å². The lowest BCUT2D eigenvalue weighted by Crippen LogP contribution is -2.36.